The average molecular weight is 298 g/mol. The fourth-order valence-corrected chi connectivity index (χ4v) is 2.46. The molecular formula is C10H13F3N2O3S. The molecule has 19 heavy (non-hydrogen) atoms. The van der Waals surface area contributed by atoms with Gasteiger partial charge in [0, 0.05) is 6.54 Å². The third-order valence-corrected chi connectivity index (χ3v) is 3.74. The van der Waals surface area contributed by atoms with Gasteiger partial charge in [0.2, 0.25) is 10.0 Å². The second-order valence-corrected chi connectivity index (χ2v) is 5.66. The fraction of sp³-hybridized carbons (Fsp3) is 0.400. The fourth-order valence-electron chi connectivity index (χ4n) is 1.29. The molecular weight excluding hydrogens is 285 g/mol. The van der Waals surface area contributed by atoms with Gasteiger partial charge in [0.1, 0.15) is 11.9 Å². The number of nitrogen functional groups attached to an aromatic ring is 1. The molecule has 0 aliphatic heterocycles. The summed E-state index contributed by atoms with van der Waals surface area (Å²) in [7, 11) is -4.14. The summed E-state index contributed by atoms with van der Waals surface area (Å²) in [6.45, 7) is 0.467. The molecule has 0 heterocycles. The number of aliphatic hydroxyl groups is 1. The van der Waals surface area contributed by atoms with Crippen molar-refractivity contribution in [2.24, 2.45) is 0 Å². The number of alkyl halides is 2. The molecule has 1 rings (SSSR count). The van der Waals surface area contributed by atoms with Gasteiger partial charge in [-0.25, -0.2) is 26.3 Å². The topological polar surface area (TPSA) is 92.4 Å². The van der Waals surface area contributed by atoms with Crippen molar-refractivity contribution >= 4 is 15.7 Å². The van der Waals surface area contributed by atoms with Crippen LogP contribution < -0.4 is 10.5 Å². The quantitative estimate of drug-likeness (QED) is 0.695. The molecule has 5 nitrogen and oxygen atoms in total. The van der Waals surface area contributed by atoms with Crippen LogP contribution in [0.1, 0.15) is 5.56 Å². The molecule has 1 unspecified atom stereocenters. The van der Waals surface area contributed by atoms with E-state index < -0.39 is 34.9 Å². The maximum Gasteiger partial charge on any atom is 0.265 e. The Balaban J connectivity index is 2.95. The zero-order valence-electron chi connectivity index (χ0n) is 9.90. The number of rotatable bonds is 5. The Morgan fingerprint density at radius 1 is 1.42 bits per heavy atom. The molecule has 0 aliphatic rings. The molecule has 0 radical (unpaired) electrons. The Labute approximate surface area is 108 Å². The van der Waals surface area contributed by atoms with Gasteiger partial charge in [-0.3, -0.25) is 0 Å². The summed E-state index contributed by atoms with van der Waals surface area (Å²) in [4.78, 5) is -0.356. The van der Waals surface area contributed by atoms with Crippen molar-refractivity contribution < 1.29 is 26.7 Å². The van der Waals surface area contributed by atoms with Crippen LogP contribution in [0.3, 0.4) is 0 Å². The molecule has 0 saturated carbocycles. The van der Waals surface area contributed by atoms with Gasteiger partial charge in [-0.1, -0.05) is 0 Å². The van der Waals surface area contributed by atoms with Crippen molar-refractivity contribution in [2.45, 2.75) is 24.3 Å². The lowest BCUT2D eigenvalue weighted by Crippen LogP contribution is -2.35. The highest BCUT2D eigenvalue weighted by molar-refractivity contribution is 7.89. The number of nitrogens with two attached hydrogens (primary N) is 1. The van der Waals surface area contributed by atoms with Crippen molar-refractivity contribution in [3.05, 3.63) is 23.5 Å². The van der Waals surface area contributed by atoms with Crippen molar-refractivity contribution in [2.75, 3.05) is 12.3 Å². The lowest BCUT2D eigenvalue weighted by atomic mass is 10.2. The molecule has 1 aromatic carbocycles. The second-order valence-electron chi connectivity index (χ2n) is 3.90. The predicted molar refractivity (Wildman–Crippen MR) is 62.7 cm³/mol. The highest BCUT2D eigenvalue weighted by Crippen LogP contribution is 2.20. The number of hydrogen-bond donors (Lipinski definition) is 3. The standard InChI is InChI=1S/C10H13F3N2O3S/c1-5-2-6(3-7(14)9(5)11)19(17,18)15-4-8(16)10(12)13/h2-3,8,10,15-16H,4,14H2,1H3. The van der Waals surface area contributed by atoms with Gasteiger partial charge in [-0.15, -0.1) is 0 Å². The maximum absolute atomic E-state index is 13.2. The largest absolute Gasteiger partial charge is 0.396 e. The first kappa shape index (κ1) is 15.7. The van der Waals surface area contributed by atoms with Crippen molar-refractivity contribution in [1.82, 2.24) is 4.72 Å². The van der Waals surface area contributed by atoms with Crippen molar-refractivity contribution in [3.63, 3.8) is 0 Å². The van der Waals surface area contributed by atoms with Crippen LogP contribution in [0.5, 0.6) is 0 Å². The van der Waals surface area contributed by atoms with Crippen LogP contribution in [0.4, 0.5) is 18.9 Å². The number of anilines is 1. The van der Waals surface area contributed by atoms with E-state index in [2.05, 4.69) is 0 Å². The Hall–Kier alpha value is -1.32. The Morgan fingerprint density at radius 2 is 2.00 bits per heavy atom. The number of sulfonamides is 1. The number of halogens is 3. The first-order valence-electron chi connectivity index (χ1n) is 5.16. The summed E-state index contributed by atoms with van der Waals surface area (Å²) >= 11 is 0. The highest BCUT2D eigenvalue weighted by atomic mass is 32.2. The number of aryl methyl sites for hydroxylation is 1. The molecule has 0 saturated heterocycles. The lowest BCUT2D eigenvalue weighted by Gasteiger charge is -2.12. The molecule has 0 fully saturated rings. The summed E-state index contributed by atoms with van der Waals surface area (Å²) in [5.41, 5.74) is 4.93. The average Bonchev–Trinajstić information content (AvgIpc) is 2.32. The van der Waals surface area contributed by atoms with Gasteiger partial charge in [0.05, 0.1) is 10.6 Å². The number of hydrogen-bond acceptors (Lipinski definition) is 4. The summed E-state index contributed by atoms with van der Waals surface area (Å²) in [5.74, 6) is -0.744. The molecule has 0 amide bonds. The normalized spacial score (nSPS) is 13.8. The van der Waals surface area contributed by atoms with Gasteiger partial charge in [0.25, 0.3) is 6.43 Å². The summed E-state index contributed by atoms with van der Waals surface area (Å²) in [6, 6.07) is 1.89. The summed E-state index contributed by atoms with van der Waals surface area (Å²) < 4.78 is 62.6. The maximum atomic E-state index is 13.2. The molecule has 4 N–H and O–H groups in total. The molecule has 1 atom stereocenters. The van der Waals surface area contributed by atoms with Gasteiger partial charge in [-0.05, 0) is 24.6 Å². The summed E-state index contributed by atoms with van der Waals surface area (Å²) in [5, 5.41) is 8.83. The minimum Gasteiger partial charge on any atom is -0.396 e. The van der Waals surface area contributed by atoms with Crippen LogP contribution in [0.25, 0.3) is 0 Å². The van der Waals surface area contributed by atoms with Crippen molar-refractivity contribution in [1.29, 1.82) is 0 Å². The smallest absolute Gasteiger partial charge is 0.265 e. The van der Waals surface area contributed by atoms with Crippen molar-refractivity contribution in [3.8, 4) is 0 Å². The third-order valence-electron chi connectivity index (χ3n) is 2.34. The van der Waals surface area contributed by atoms with E-state index in [1.807, 2.05) is 0 Å². The van der Waals surface area contributed by atoms with Crippen LogP contribution in [-0.2, 0) is 10.0 Å². The molecule has 0 bridgehead atoms. The zero-order chi connectivity index (χ0) is 14.8. The van der Waals surface area contributed by atoms with Gasteiger partial charge >= 0.3 is 0 Å². The van der Waals surface area contributed by atoms with Gasteiger partial charge < -0.3 is 10.8 Å². The number of aliphatic hydroxyl groups excluding tert-OH is 1. The summed E-state index contributed by atoms with van der Waals surface area (Å²) in [6.07, 6.45) is -5.18. The lowest BCUT2D eigenvalue weighted by molar-refractivity contribution is -0.000451. The molecule has 0 spiro atoms. The van der Waals surface area contributed by atoms with Gasteiger partial charge in [-0.2, -0.15) is 0 Å². The minimum atomic E-state index is -4.14. The van der Waals surface area contributed by atoms with E-state index in [1.54, 1.807) is 4.72 Å². The monoisotopic (exact) mass is 298 g/mol. The third kappa shape index (κ3) is 3.82. The molecule has 1 aromatic rings. The zero-order valence-corrected chi connectivity index (χ0v) is 10.7. The first-order chi connectivity index (χ1) is 8.65. The molecule has 0 aliphatic carbocycles. The van der Waals surface area contributed by atoms with E-state index in [0.29, 0.717) is 0 Å². The van der Waals surface area contributed by atoms with E-state index in [4.69, 9.17) is 10.8 Å². The molecule has 9 heteroatoms. The van der Waals surface area contributed by atoms with Crippen LogP contribution in [0.15, 0.2) is 17.0 Å². The second kappa shape index (κ2) is 5.76. The van der Waals surface area contributed by atoms with Crippen LogP contribution in [0.2, 0.25) is 0 Å². The van der Waals surface area contributed by atoms with E-state index in [0.717, 1.165) is 12.1 Å². The number of nitrogens with one attached hydrogen (secondary N) is 1. The Bertz CT molecular complexity index is 540. The van der Waals surface area contributed by atoms with E-state index in [1.165, 1.54) is 6.92 Å². The Morgan fingerprint density at radius 3 is 2.47 bits per heavy atom. The SMILES string of the molecule is Cc1cc(S(=O)(=O)NCC(O)C(F)F)cc(N)c1F. The minimum absolute atomic E-state index is 0.00906. The van der Waals surface area contributed by atoms with Gasteiger partial charge in [0.15, 0.2) is 0 Å². The predicted octanol–water partition coefficient (Wildman–Crippen LogP) is 0.621. The molecule has 108 valence electrons. The van der Waals surface area contributed by atoms with E-state index in [9.17, 15) is 21.6 Å². The van der Waals surface area contributed by atoms with Crippen LogP contribution >= 0.6 is 0 Å². The highest BCUT2D eigenvalue weighted by Gasteiger charge is 2.22. The van der Waals surface area contributed by atoms with Crippen LogP contribution in [-0.4, -0.2) is 32.6 Å². The Kier molecular flexibility index (Phi) is 4.77. The van der Waals surface area contributed by atoms with E-state index >= 15 is 0 Å². The van der Waals surface area contributed by atoms with E-state index in [-0.39, 0.29) is 16.1 Å². The first-order valence-corrected chi connectivity index (χ1v) is 6.65. The van der Waals surface area contributed by atoms with Crippen LogP contribution in [0, 0.1) is 12.7 Å². The molecule has 0 aromatic heterocycles. The number of benzene rings is 1.